The Morgan fingerprint density at radius 3 is 2.52 bits per heavy atom. The van der Waals surface area contributed by atoms with Gasteiger partial charge in [-0.25, -0.2) is 14.6 Å². The molecule has 0 saturated heterocycles. The van der Waals surface area contributed by atoms with E-state index in [1.807, 2.05) is 7.05 Å². The van der Waals surface area contributed by atoms with Crippen LogP contribution in [0.25, 0.3) is 11.0 Å². The Bertz CT molecular complexity index is 868. The SMILES string of the molecule is Cn1nc(Br)c2c(NC3(c4ccc(Br)cc4)CCC3)ncnc21. The summed E-state index contributed by atoms with van der Waals surface area (Å²) in [6.45, 7) is 0. The molecule has 23 heavy (non-hydrogen) atoms. The number of nitrogens with one attached hydrogen (secondary N) is 1. The summed E-state index contributed by atoms with van der Waals surface area (Å²) < 4.78 is 3.62. The molecule has 0 bridgehead atoms. The van der Waals surface area contributed by atoms with E-state index in [0.29, 0.717) is 0 Å². The average molecular weight is 437 g/mol. The summed E-state index contributed by atoms with van der Waals surface area (Å²) >= 11 is 7.03. The van der Waals surface area contributed by atoms with Crippen LogP contribution in [0.5, 0.6) is 0 Å². The first-order chi connectivity index (χ1) is 11.1. The van der Waals surface area contributed by atoms with Crippen molar-refractivity contribution in [1.82, 2.24) is 19.7 Å². The summed E-state index contributed by atoms with van der Waals surface area (Å²) in [6.07, 6.45) is 4.99. The molecular weight excluding hydrogens is 422 g/mol. The molecule has 1 aromatic carbocycles. The third-order valence-electron chi connectivity index (χ3n) is 4.54. The molecule has 4 rings (SSSR count). The molecule has 0 spiro atoms. The highest BCUT2D eigenvalue weighted by Gasteiger charge is 2.39. The number of hydrogen-bond donors (Lipinski definition) is 1. The first-order valence-electron chi connectivity index (χ1n) is 7.46. The monoisotopic (exact) mass is 435 g/mol. The second-order valence-electron chi connectivity index (χ2n) is 5.90. The van der Waals surface area contributed by atoms with Crippen molar-refractivity contribution in [2.45, 2.75) is 24.8 Å². The van der Waals surface area contributed by atoms with E-state index in [2.05, 4.69) is 76.5 Å². The van der Waals surface area contributed by atoms with Gasteiger partial charge in [-0.1, -0.05) is 28.1 Å². The first-order valence-corrected chi connectivity index (χ1v) is 9.05. The minimum absolute atomic E-state index is 0.0583. The van der Waals surface area contributed by atoms with E-state index in [-0.39, 0.29) is 5.54 Å². The van der Waals surface area contributed by atoms with E-state index in [4.69, 9.17) is 0 Å². The number of rotatable bonds is 3. The van der Waals surface area contributed by atoms with Gasteiger partial charge in [-0.15, -0.1) is 0 Å². The molecule has 2 heterocycles. The Hall–Kier alpha value is -1.47. The van der Waals surface area contributed by atoms with Gasteiger partial charge in [0, 0.05) is 11.5 Å². The van der Waals surface area contributed by atoms with Crippen molar-refractivity contribution in [3.8, 4) is 0 Å². The molecule has 0 radical (unpaired) electrons. The fraction of sp³-hybridized carbons (Fsp3) is 0.312. The van der Waals surface area contributed by atoms with E-state index < -0.39 is 0 Å². The van der Waals surface area contributed by atoms with Crippen molar-refractivity contribution in [3.63, 3.8) is 0 Å². The Labute approximate surface area is 150 Å². The number of nitrogens with zero attached hydrogens (tertiary/aromatic N) is 4. The molecule has 2 aromatic heterocycles. The fourth-order valence-electron chi connectivity index (χ4n) is 3.15. The van der Waals surface area contributed by atoms with Crippen LogP contribution in [0.1, 0.15) is 24.8 Å². The number of halogens is 2. The average Bonchev–Trinajstić information content (AvgIpc) is 2.80. The second kappa shape index (κ2) is 5.56. The van der Waals surface area contributed by atoms with Crippen LogP contribution in [-0.2, 0) is 12.6 Å². The molecular formula is C16H15Br2N5. The van der Waals surface area contributed by atoms with Crippen molar-refractivity contribution in [2.24, 2.45) is 7.05 Å². The molecule has 5 nitrogen and oxygen atoms in total. The highest BCUT2D eigenvalue weighted by molar-refractivity contribution is 9.10. The van der Waals surface area contributed by atoms with Crippen LogP contribution in [0, 0.1) is 0 Å². The molecule has 3 aromatic rings. The Morgan fingerprint density at radius 1 is 1.13 bits per heavy atom. The van der Waals surface area contributed by atoms with Gasteiger partial charge in [0.2, 0.25) is 0 Å². The fourth-order valence-corrected chi connectivity index (χ4v) is 4.01. The summed E-state index contributed by atoms with van der Waals surface area (Å²) in [5, 5.41) is 9.00. The van der Waals surface area contributed by atoms with E-state index in [1.165, 1.54) is 12.0 Å². The van der Waals surface area contributed by atoms with Crippen molar-refractivity contribution in [2.75, 3.05) is 5.32 Å². The molecule has 1 aliphatic rings. The maximum atomic E-state index is 4.48. The van der Waals surface area contributed by atoms with Crippen LogP contribution >= 0.6 is 31.9 Å². The number of fused-ring (bicyclic) bond motifs is 1. The van der Waals surface area contributed by atoms with E-state index in [1.54, 1.807) is 11.0 Å². The van der Waals surface area contributed by atoms with Crippen molar-refractivity contribution in [3.05, 3.63) is 45.2 Å². The van der Waals surface area contributed by atoms with Gasteiger partial charge in [0.1, 0.15) is 16.7 Å². The van der Waals surface area contributed by atoms with Gasteiger partial charge < -0.3 is 5.32 Å². The Morgan fingerprint density at radius 2 is 1.87 bits per heavy atom. The normalized spacial score (nSPS) is 16.3. The summed E-state index contributed by atoms with van der Waals surface area (Å²) in [4.78, 5) is 8.81. The van der Waals surface area contributed by atoms with Crippen molar-refractivity contribution >= 4 is 48.7 Å². The lowest BCUT2D eigenvalue weighted by atomic mass is 9.72. The smallest absolute Gasteiger partial charge is 0.164 e. The number of aryl methyl sites for hydroxylation is 1. The van der Waals surface area contributed by atoms with Gasteiger partial charge in [0.05, 0.1) is 10.9 Å². The highest BCUT2D eigenvalue weighted by Crippen LogP contribution is 2.45. The highest BCUT2D eigenvalue weighted by atomic mass is 79.9. The summed E-state index contributed by atoms with van der Waals surface area (Å²) in [5.74, 6) is 0.831. The van der Waals surface area contributed by atoms with Crippen LogP contribution < -0.4 is 5.32 Å². The molecule has 7 heteroatoms. The zero-order valence-corrected chi connectivity index (χ0v) is 15.7. The van der Waals surface area contributed by atoms with Gasteiger partial charge in [0.15, 0.2) is 5.65 Å². The number of benzene rings is 1. The molecule has 0 atom stereocenters. The Balaban J connectivity index is 1.78. The number of aromatic nitrogens is 4. The van der Waals surface area contributed by atoms with Gasteiger partial charge in [-0.05, 0) is 52.9 Å². The van der Waals surface area contributed by atoms with Gasteiger partial charge >= 0.3 is 0 Å². The minimum atomic E-state index is -0.0583. The maximum Gasteiger partial charge on any atom is 0.164 e. The predicted molar refractivity (Wildman–Crippen MR) is 97.3 cm³/mol. The van der Waals surface area contributed by atoms with Crippen LogP contribution in [0.3, 0.4) is 0 Å². The zero-order valence-electron chi connectivity index (χ0n) is 12.6. The molecule has 1 aliphatic carbocycles. The summed E-state index contributed by atoms with van der Waals surface area (Å²) in [6, 6.07) is 8.53. The van der Waals surface area contributed by atoms with Gasteiger partial charge in [-0.2, -0.15) is 5.10 Å². The van der Waals surface area contributed by atoms with Crippen LogP contribution in [-0.4, -0.2) is 19.7 Å². The largest absolute Gasteiger partial charge is 0.360 e. The molecule has 1 N–H and O–H groups in total. The molecule has 1 fully saturated rings. The van der Waals surface area contributed by atoms with E-state index >= 15 is 0 Å². The van der Waals surface area contributed by atoms with Crippen LogP contribution in [0.4, 0.5) is 5.82 Å². The standard InChI is InChI=1S/C16H15Br2N5/c1-23-15-12(13(18)22-23)14(19-9-20-15)21-16(7-2-8-16)10-3-5-11(17)6-4-10/h3-6,9H,2,7-8H2,1H3,(H,19,20,21). The lowest BCUT2D eigenvalue weighted by molar-refractivity contribution is 0.284. The minimum Gasteiger partial charge on any atom is -0.360 e. The predicted octanol–water partition coefficient (Wildman–Crippen LogP) is 4.38. The first kappa shape index (κ1) is 15.1. The summed E-state index contributed by atoms with van der Waals surface area (Å²) in [5.41, 5.74) is 2.05. The van der Waals surface area contributed by atoms with E-state index in [0.717, 1.165) is 38.8 Å². The maximum absolute atomic E-state index is 4.48. The quantitative estimate of drug-likeness (QED) is 0.661. The number of anilines is 1. The third kappa shape index (κ3) is 2.46. The van der Waals surface area contributed by atoms with Crippen molar-refractivity contribution in [1.29, 1.82) is 0 Å². The zero-order chi connectivity index (χ0) is 16.0. The molecule has 0 aliphatic heterocycles. The number of hydrogen-bond acceptors (Lipinski definition) is 4. The molecule has 0 unspecified atom stereocenters. The van der Waals surface area contributed by atoms with Gasteiger partial charge in [-0.3, -0.25) is 0 Å². The lowest BCUT2D eigenvalue weighted by Crippen LogP contribution is -2.42. The van der Waals surface area contributed by atoms with Crippen LogP contribution in [0.15, 0.2) is 39.7 Å². The molecule has 0 amide bonds. The third-order valence-corrected chi connectivity index (χ3v) is 5.62. The van der Waals surface area contributed by atoms with Gasteiger partial charge in [0.25, 0.3) is 0 Å². The topological polar surface area (TPSA) is 55.6 Å². The molecule has 118 valence electrons. The Kier molecular flexibility index (Phi) is 3.65. The molecule has 1 saturated carbocycles. The van der Waals surface area contributed by atoms with Crippen molar-refractivity contribution < 1.29 is 0 Å². The van der Waals surface area contributed by atoms with E-state index in [9.17, 15) is 0 Å². The van der Waals surface area contributed by atoms with Crippen LogP contribution in [0.2, 0.25) is 0 Å². The lowest BCUT2D eigenvalue weighted by Gasteiger charge is -2.43. The second-order valence-corrected chi connectivity index (χ2v) is 7.57. The summed E-state index contributed by atoms with van der Waals surface area (Å²) in [7, 11) is 1.89.